The molecule has 0 bridgehead atoms. The number of carbonyl (C=O) groups excluding carboxylic acids is 1. The molecule has 2 aromatic heterocycles. The van der Waals surface area contributed by atoms with Crippen LogP contribution in [-0.2, 0) is 12.8 Å². The first-order valence-corrected chi connectivity index (χ1v) is 7.41. The van der Waals surface area contributed by atoms with Gasteiger partial charge in [0.25, 0.3) is 5.91 Å². The maximum Gasteiger partial charge on any atom is 0.270 e. The molecular weight excluding hydrogens is 339 g/mol. The molecule has 0 unspecified atom stereocenters. The molecule has 3 N–H and O–H groups in total. The van der Waals surface area contributed by atoms with E-state index in [0.29, 0.717) is 18.8 Å². The van der Waals surface area contributed by atoms with Crippen LogP contribution in [0.5, 0.6) is 0 Å². The monoisotopic (exact) mass is 354 g/mol. The fraction of sp³-hybridized carbons (Fsp3) is 0.364. The zero-order valence-electron chi connectivity index (χ0n) is 10.6. The van der Waals surface area contributed by atoms with Crippen molar-refractivity contribution in [3.8, 4) is 0 Å². The van der Waals surface area contributed by atoms with Gasteiger partial charge < -0.3 is 11.1 Å². The summed E-state index contributed by atoms with van der Waals surface area (Å²) >= 11 is 3.03. The molecule has 112 valence electrons. The van der Waals surface area contributed by atoms with Gasteiger partial charge in [-0.15, -0.1) is 47.5 Å². The number of thiazole rings is 2. The largest absolute Gasteiger partial charge is 0.350 e. The van der Waals surface area contributed by atoms with Crippen LogP contribution in [0.15, 0.2) is 16.3 Å². The fourth-order valence-electron chi connectivity index (χ4n) is 1.41. The van der Waals surface area contributed by atoms with Gasteiger partial charge in [-0.25, -0.2) is 9.97 Å². The topological polar surface area (TPSA) is 80.9 Å². The number of amides is 1. The van der Waals surface area contributed by atoms with Gasteiger partial charge in [0.05, 0.1) is 16.2 Å². The van der Waals surface area contributed by atoms with Gasteiger partial charge in [0.15, 0.2) is 0 Å². The molecule has 2 rings (SSSR count). The predicted octanol–water partition coefficient (Wildman–Crippen LogP) is 1.92. The van der Waals surface area contributed by atoms with E-state index in [1.807, 2.05) is 5.38 Å². The minimum Gasteiger partial charge on any atom is -0.350 e. The highest BCUT2D eigenvalue weighted by Gasteiger charge is 2.09. The molecule has 20 heavy (non-hydrogen) atoms. The Labute approximate surface area is 137 Å². The molecule has 0 fully saturated rings. The second kappa shape index (κ2) is 10.1. The van der Waals surface area contributed by atoms with Gasteiger partial charge in [-0.2, -0.15) is 0 Å². The molecule has 2 heterocycles. The number of carbonyl (C=O) groups is 1. The molecule has 5 nitrogen and oxygen atoms in total. The van der Waals surface area contributed by atoms with E-state index in [0.717, 1.165) is 23.5 Å². The maximum atomic E-state index is 11.8. The van der Waals surface area contributed by atoms with Crippen molar-refractivity contribution >= 4 is 53.4 Å². The van der Waals surface area contributed by atoms with Crippen molar-refractivity contribution in [2.24, 2.45) is 5.73 Å². The first-order valence-electron chi connectivity index (χ1n) is 5.59. The summed E-state index contributed by atoms with van der Waals surface area (Å²) in [6.45, 7) is 1.13. The minimum atomic E-state index is -0.134. The summed E-state index contributed by atoms with van der Waals surface area (Å²) in [5, 5.41) is 7.48. The Balaban J connectivity index is 0.00000180. The van der Waals surface area contributed by atoms with Gasteiger partial charge in [-0.1, -0.05) is 0 Å². The number of rotatable bonds is 6. The van der Waals surface area contributed by atoms with E-state index >= 15 is 0 Å². The Hall–Kier alpha value is -0.730. The number of halogens is 2. The van der Waals surface area contributed by atoms with E-state index in [4.69, 9.17) is 5.73 Å². The van der Waals surface area contributed by atoms with Crippen molar-refractivity contribution < 1.29 is 4.79 Å². The third kappa shape index (κ3) is 5.72. The minimum absolute atomic E-state index is 0. The first-order chi connectivity index (χ1) is 8.79. The van der Waals surface area contributed by atoms with Crippen molar-refractivity contribution in [1.29, 1.82) is 0 Å². The molecule has 0 aromatic carbocycles. The molecule has 2 aromatic rings. The molecule has 0 saturated carbocycles. The summed E-state index contributed by atoms with van der Waals surface area (Å²) in [6.07, 6.45) is 1.46. The van der Waals surface area contributed by atoms with E-state index in [9.17, 15) is 4.79 Å². The lowest BCUT2D eigenvalue weighted by Crippen LogP contribution is -2.26. The predicted molar refractivity (Wildman–Crippen MR) is 87.5 cm³/mol. The molecule has 0 saturated heterocycles. The van der Waals surface area contributed by atoms with Gasteiger partial charge in [0.1, 0.15) is 5.69 Å². The molecule has 0 aliphatic heterocycles. The Morgan fingerprint density at radius 1 is 1.30 bits per heavy atom. The van der Waals surface area contributed by atoms with Crippen LogP contribution in [0.1, 0.15) is 21.2 Å². The van der Waals surface area contributed by atoms with Crippen LogP contribution in [0, 0.1) is 0 Å². The average Bonchev–Trinajstić information content (AvgIpc) is 3.00. The molecule has 0 radical (unpaired) electrons. The van der Waals surface area contributed by atoms with Crippen LogP contribution in [-0.4, -0.2) is 29.0 Å². The van der Waals surface area contributed by atoms with Crippen molar-refractivity contribution in [3.05, 3.63) is 32.7 Å². The lowest BCUT2D eigenvalue weighted by atomic mass is 10.3. The van der Waals surface area contributed by atoms with Crippen LogP contribution >= 0.6 is 47.5 Å². The number of nitrogens with two attached hydrogens (primary N) is 1. The second-order valence-electron chi connectivity index (χ2n) is 3.65. The standard InChI is InChI=1S/C11H14N4OS2.2ClH/c12-3-1-10-15-9(6-18-10)11(16)13-4-2-8-5-17-7-14-8;;/h5-7H,1-4,12H2,(H,13,16);2*1H. The average molecular weight is 355 g/mol. The summed E-state index contributed by atoms with van der Waals surface area (Å²) < 4.78 is 0. The lowest BCUT2D eigenvalue weighted by molar-refractivity contribution is 0.0949. The van der Waals surface area contributed by atoms with Gasteiger partial charge in [-0.3, -0.25) is 4.79 Å². The number of nitrogens with zero attached hydrogens (tertiary/aromatic N) is 2. The second-order valence-corrected chi connectivity index (χ2v) is 5.31. The fourth-order valence-corrected chi connectivity index (χ4v) is 2.80. The summed E-state index contributed by atoms with van der Waals surface area (Å²) in [5.41, 5.74) is 8.70. The lowest BCUT2D eigenvalue weighted by Gasteiger charge is -2.00. The van der Waals surface area contributed by atoms with Crippen molar-refractivity contribution in [3.63, 3.8) is 0 Å². The molecule has 1 amide bonds. The van der Waals surface area contributed by atoms with Crippen LogP contribution in [0.3, 0.4) is 0 Å². The summed E-state index contributed by atoms with van der Waals surface area (Å²) in [4.78, 5) is 20.2. The van der Waals surface area contributed by atoms with Gasteiger partial charge >= 0.3 is 0 Å². The SMILES string of the molecule is Cl.Cl.NCCc1nc(C(=O)NCCc2cscn2)cs1. The van der Waals surface area contributed by atoms with E-state index in [1.54, 1.807) is 22.2 Å². The van der Waals surface area contributed by atoms with Crippen LogP contribution < -0.4 is 11.1 Å². The van der Waals surface area contributed by atoms with E-state index < -0.39 is 0 Å². The first kappa shape index (κ1) is 19.3. The Morgan fingerprint density at radius 3 is 2.75 bits per heavy atom. The molecule has 0 atom stereocenters. The Morgan fingerprint density at radius 2 is 2.10 bits per heavy atom. The third-order valence-electron chi connectivity index (χ3n) is 2.29. The van der Waals surface area contributed by atoms with Crippen molar-refractivity contribution in [1.82, 2.24) is 15.3 Å². The highest BCUT2D eigenvalue weighted by atomic mass is 35.5. The number of hydrogen-bond acceptors (Lipinski definition) is 6. The van der Waals surface area contributed by atoms with Gasteiger partial charge in [0, 0.05) is 30.1 Å². The highest BCUT2D eigenvalue weighted by molar-refractivity contribution is 7.09. The summed E-state index contributed by atoms with van der Waals surface area (Å²) in [6, 6.07) is 0. The van der Waals surface area contributed by atoms with Crippen LogP contribution in [0.25, 0.3) is 0 Å². The molecule has 0 aliphatic carbocycles. The van der Waals surface area contributed by atoms with E-state index in [-0.39, 0.29) is 30.7 Å². The van der Waals surface area contributed by atoms with Crippen LogP contribution in [0.4, 0.5) is 0 Å². The number of aromatic nitrogens is 2. The summed E-state index contributed by atoms with van der Waals surface area (Å²) in [7, 11) is 0. The molecule has 0 spiro atoms. The zero-order chi connectivity index (χ0) is 12.8. The van der Waals surface area contributed by atoms with Gasteiger partial charge in [-0.05, 0) is 6.54 Å². The van der Waals surface area contributed by atoms with Crippen molar-refractivity contribution in [2.45, 2.75) is 12.8 Å². The summed E-state index contributed by atoms with van der Waals surface area (Å²) in [5.74, 6) is -0.134. The third-order valence-corrected chi connectivity index (χ3v) is 3.84. The molecule has 0 aliphatic rings. The normalized spacial score (nSPS) is 9.45. The number of hydrogen-bond donors (Lipinski definition) is 2. The van der Waals surface area contributed by atoms with E-state index in [1.165, 1.54) is 11.3 Å². The molecule has 9 heteroatoms. The smallest absolute Gasteiger partial charge is 0.270 e. The van der Waals surface area contributed by atoms with Crippen molar-refractivity contribution in [2.75, 3.05) is 13.1 Å². The number of nitrogens with one attached hydrogen (secondary N) is 1. The quantitative estimate of drug-likeness (QED) is 0.830. The van der Waals surface area contributed by atoms with Crippen LogP contribution in [0.2, 0.25) is 0 Å². The maximum absolute atomic E-state index is 11.8. The molecular formula is C11H16Cl2N4OS2. The van der Waals surface area contributed by atoms with E-state index in [2.05, 4.69) is 15.3 Å². The highest BCUT2D eigenvalue weighted by Crippen LogP contribution is 2.09. The van der Waals surface area contributed by atoms with Gasteiger partial charge in [0.2, 0.25) is 0 Å². The Bertz CT molecular complexity index is 504. The Kier molecular flexibility index (Phi) is 9.70. The zero-order valence-corrected chi connectivity index (χ0v) is 13.8.